The largest absolute Gasteiger partial charge is 0.478 e. The number of ether oxygens (including phenoxy) is 1. The first kappa shape index (κ1) is 15.0. The lowest BCUT2D eigenvalue weighted by Crippen LogP contribution is -2.33. The standard InChI is InChI=1S/C13H18N2O4/c1-15(8-5-9-19-2)13(18)14-11-7-4-3-6-10(11)12(16)17/h3-4,6-7H,5,8-9H2,1-2H3,(H,14,18)(H,16,17). The number of hydrogen-bond donors (Lipinski definition) is 2. The Kier molecular flexibility index (Phi) is 5.81. The van der Waals surface area contributed by atoms with E-state index in [-0.39, 0.29) is 11.6 Å². The molecule has 0 heterocycles. The van der Waals surface area contributed by atoms with Gasteiger partial charge >= 0.3 is 12.0 Å². The number of carboxylic acid groups (broad SMARTS) is 1. The van der Waals surface area contributed by atoms with Crippen LogP contribution < -0.4 is 5.32 Å². The van der Waals surface area contributed by atoms with E-state index in [1.54, 1.807) is 32.4 Å². The van der Waals surface area contributed by atoms with Crippen molar-refractivity contribution in [2.45, 2.75) is 6.42 Å². The van der Waals surface area contributed by atoms with Crippen molar-refractivity contribution in [3.8, 4) is 0 Å². The molecule has 19 heavy (non-hydrogen) atoms. The first-order chi connectivity index (χ1) is 9.06. The van der Waals surface area contributed by atoms with E-state index in [1.165, 1.54) is 11.0 Å². The summed E-state index contributed by atoms with van der Waals surface area (Å²) >= 11 is 0. The highest BCUT2D eigenvalue weighted by Crippen LogP contribution is 2.15. The van der Waals surface area contributed by atoms with Crippen LogP contribution in [0.25, 0.3) is 0 Å². The Balaban J connectivity index is 2.64. The highest BCUT2D eigenvalue weighted by atomic mass is 16.5. The monoisotopic (exact) mass is 266 g/mol. The van der Waals surface area contributed by atoms with Gasteiger partial charge in [-0.3, -0.25) is 0 Å². The molecular weight excluding hydrogens is 248 g/mol. The molecule has 2 N–H and O–H groups in total. The van der Waals surface area contributed by atoms with Gasteiger partial charge in [0.15, 0.2) is 0 Å². The van der Waals surface area contributed by atoms with Gasteiger partial charge in [-0.1, -0.05) is 12.1 Å². The number of amides is 2. The Morgan fingerprint density at radius 2 is 2.05 bits per heavy atom. The van der Waals surface area contributed by atoms with Gasteiger partial charge < -0.3 is 20.1 Å². The van der Waals surface area contributed by atoms with E-state index in [1.807, 2.05) is 0 Å². The molecule has 2 amide bonds. The van der Waals surface area contributed by atoms with E-state index in [0.717, 1.165) is 6.42 Å². The maximum absolute atomic E-state index is 11.9. The third kappa shape index (κ3) is 4.59. The minimum absolute atomic E-state index is 0.0705. The molecule has 0 saturated carbocycles. The lowest BCUT2D eigenvalue weighted by atomic mass is 10.2. The van der Waals surface area contributed by atoms with Crippen molar-refractivity contribution >= 4 is 17.7 Å². The minimum atomic E-state index is -1.07. The molecule has 0 aliphatic carbocycles. The summed E-state index contributed by atoms with van der Waals surface area (Å²) < 4.78 is 4.90. The van der Waals surface area contributed by atoms with E-state index < -0.39 is 5.97 Å². The Morgan fingerprint density at radius 1 is 1.37 bits per heavy atom. The number of hydrogen-bond acceptors (Lipinski definition) is 3. The first-order valence-electron chi connectivity index (χ1n) is 5.89. The van der Waals surface area contributed by atoms with Crippen molar-refractivity contribution in [1.82, 2.24) is 4.90 Å². The van der Waals surface area contributed by atoms with E-state index in [2.05, 4.69) is 5.32 Å². The molecule has 0 spiro atoms. The topological polar surface area (TPSA) is 78.9 Å². The molecular formula is C13H18N2O4. The van der Waals surface area contributed by atoms with Crippen molar-refractivity contribution in [3.05, 3.63) is 29.8 Å². The fourth-order valence-electron chi connectivity index (χ4n) is 1.54. The van der Waals surface area contributed by atoms with Gasteiger partial charge in [-0.05, 0) is 18.6 Å². The molecule has 104 valence electrons. The highest BCUT2D eigenvalue weighted by Gasteiger charge is 2.13. The zero-order valence-electron chi connectivity index (χ0n) is 11.0. The second kappa shape index (κ2) is 7.38. The summed E-state index contributed by atoms with van der Waals surface area (Å²) in [6.07, 6.45) is 0.723. The second-order valence-electron chi connectivity index (χ2n) is 4.05. The fraction of sp³-hybridized carbons (Fsp3) is 0.385. The molecule has 0 aliphatic rings. The van der Waals surface area contributed by atoms with Crippen LogP contribution in [0.1, 0.15) is 16.8 Å². The summed E-state index contributed by atoms with van der Waals surface area (Å²) in [5, 5.41) is 11.6. The van der Waals surface area contributed by atoms with Gasteiger partial charge in [0.1, 0.15) is 0 Å². The number of carbonyl (C=O) groups excluding carboxylic acids is 1. The number of urea groups is 1. The van der Waals surface area contributed by atoms with Crippen LogP contribution in [0.15, 0.2) is 24.3 Å². The van der Waals surface area contributed by atoms with E-state index >= 15 is 0 Å². The number of methoxy groups -OCH3 is 1. The van der Waals surface area contributed by atoms with Gasteiger partial charge in [-0.2, -0.15) is 0 Å². The van der Waals surface area contributed by atoms with Gasteiger partial charge in [0.25, 0.3) is 0 Å². The average molecular weight is 266 g/mol. The summed E-state index contributed by atoms with van der Waals surface area (Å²) in [5.41, 5.74) is 0.361. The second-order valence-corrected chi connectivity index (χ2v) is 4.05. The lowest BCUT2D eigenvalue weighted by molar-refractivity contribution is 0.0698. The van der Waals surface area contributed by atoms with Crippen molar-refractivity contribution in [2.24, 2.45) is 0 Å². The normalized spacial score (nSPS) is 10.0. The van der Waals surface area contributed by atoms with Crippen LogP contribution in [0, 0.1) is 0 Å². The van der Waals surface area contributed by atoms with Crippen LogP contribution in [0.5, 0.6) is 0 Å². The maximum atomic E-state index is 11.9. The van der Waals surface area contributed by atoms with Crippen molar-refractivity contribution in [2.75, 3.05) is 32.6 Å². The van der Waals surface area contributed by atoms with Crippen LogP contribution in [-0.4, -0.2) is 49.3 Å². The molecule has 0 atom stereocenters. The smallest absolute Gasteiger partial charge is 0.337 e. The quantitative estimate of drug-likeness (QED) is 0.771. The van der Waals surface area contributed by atoms with E-state index in [9.17, 15) is 9.59 Å². The number of carbonyl (C=O) groups is 2. The van der Waals surface area contributed by atoms with Crippen molar-refractivity contribution in [3.63, 3.8) is 0 Å². The lowest BCUT2D eigenvalue weighted by Gasteiger charge is -2.18. The fourth-order valence-corrected chi connectivity index (χ4v) is 1.54. The van der Waals surface area contributed by atoms with Gasteiger partial charge in [-0.15, -0.1) is 0 Å². The van der Waals surface area contributed by atoms with E-state index in [0.29, 0.717) is 18.8 Å². The molecule has 1 aromatic carbocycles. The summed E-state index contributed by atoms with van der Waals surface area (Å²) in [6, 6.07) is 5.95. The molecule has 1 aromatic rings. The van der Waals surface area contributed by atoms with Gasteiger partial charge in [0, 0.05) is 27.3 Å². The highest BCUT2D eigenvalue weighted by molar-refractivity contribution is 5.99. The van der Waals surface area contributed by atoms with Gasteiger partial charge in [0.2, 0.25) is 0 Å². The third-order valence-electron chi connectivity index (χ3n) is 2.59. The van der Waals surface area contributed by atoms with Crippen LogP contribution in [0.3, 0.4) is 0 Å². The third-order valence-corrected chi connectivity index (χ3v) is 2.59. The molecule has 6 heteroatoms. The van der Waals surface area contributed by atoms with Crippen LogP contribution in [-0.2, 0) is 4.74 Å². The molecule has 1 rings (SSSR count). The van der Waals surface area contributed by atoms with Crippen molar-refractivity contribution in [1.29, 1.82) is 0 Å². The zero-order chi connectivity index (χ0) is 14.3. The molecule has 0 aliphatic heterocycles. The number of rotatable bonds is 6. The maximum Gasteiger partial charge on any atom is 0.337 e. The SMILES string of the molecule is COCCCN(C)C(=O)Nc1ccccc1C(=O)O. The Bertz CT molecular complexity index is 448. The average Bonchev–Trinajstić information content (AvgIpc) is 2.39. The van der Waals surface area contributed by atoms with Crippen LogP contribution in [0.2, 0.25) is 0 Å². The number of nitrogens with zero attached hydrogens (tertiary/aromatic N) is 1. The number of aromatic carboxylic acids is 1. The first-order valence-corrected chi connectivity index (χ1v) is 5.89. The van der Waals surface area contributed by atoms with Gasteiger partial charge in [0.05, 0.1) is 11.3 Å². The Hall–Kier alpha value is -2.08. The molecule has 0 aromatic heterocycles. The van der Waals surface area contributed by atoms with Crippen LogP contribution >= 0.6 is 0 Å². The predicted octanol–water partition coefficient (Wildman–Crippen LogP) is 1.89. The summed E-state index contributed by atoms with van der Waals surface area (Å²) in [5.74, 6) is -1.07. The molecule has 0 radical (unpaired) electrons. The summed E-state index contributed by atoms with van der Waals surface area (Å²) in [6.45, 7) is 1.11. The predicted molar refractivity (Wildman–Crippen MR) is 71.5 cm³/mol. The van der Waals surface area contributed by atoms with E-state index in [4.69, 9.17) is 9.84 Å². The van der Waals surface area contributed by atoms with Crippen molar-refractivity contribution < 1.29 is 19.4 Å². The van der Waals surface area contributed by atoms with Gasteiger partial charge in [-0.25, -0.2) is 9.59 Å². The molecule has 0 unspecified atom stereocenters. The Labute approximate surface area is 112 Å². The van der Waals surface area contributed by atoms with Crippen LogP contribution in [0.4, 0.5) is 10.5 Å². The minimum Gasteiger partial charge on any atom is -0.478 e. The number of benzene rings is 1. The zero-order valence-corrected chi connectivity index (χ0v) is 11.0. The molecule has 0 saturated heterocycles. The molecule has 0 fully saturated rings. The number of carboxylic acids is 1. The number of nitrogens with one attached hydrogen (secondary N) is 1. The number of para-hydroxylation sites is 1. The Morgan fingerprint density at radius 3 is 2.68 bits per heavy atom. The number of anilines is 1. The summed E-state index contributed by atoms with van der Waals surface area (Å²) in [4.78, 5) is 24.3. The molecule has 6 nitrogen and oxygen atoms in total. The molecule has 0 bridgehead atoms. The summed E-state index contributed by atoms with van der Waals surface area (Å²) in [7, 11) is 3.25.